The zero-order valence-corrected chi connectivity index (χ0v) is 12.8. The number of esters is 1. The Morgan fingerprint density at radius 1 is 1.57 bits per heavy atom. The van der Waals surface area contributed by atoms with Gasteiger partial charge in [0, 0.05) is 4.88 Å². The maximum Gasteiger partial charge on any atom is 0.316 e. The molecule has 2 heterocycles. The summed E-state index contributed by atoms with van der Waals surface area (Å²) in [4.78, 5) is 26.9. The van der Waals surface area contributed by atoms with E-state index in [0.717, 1.165) is 16.6 Å². The van der Waals surface area contributed by atoms with Crippen molar-refractivity contribution in [1.29, 1.82) is 5.26 Å². The van der Waals surface area contributed by atoms with Crippen LogP contribution in [0.2, 0.25) is 0 Å². The second-order valence-corrected chi connectivity index (χ2v) is 5.87. The van der Waals surface area contributed by atoms with Crippen molar-refractivity contribution >= 4 is 29.1 Å². The van der Waals surface area contributed by atoms with Crippen LogP contribution in [0.3, 0.4) is 0 Å². The Labute approximate surface area is 129 Å². The first-order chi connectivity index (χ1) is 10.2. The van der Waals surface area contributed by atoms with Crippen molar-refractivity contribution in [3.63, 3.8) is 0 Å². The first-order valence-electron chi connectivity index (χ1n) is 6.15. The standard InChI is InChI=1S/C14H12N2O3S2/c1-2-19-12(17)8-21-14-9(7-15)6-10(13(18)16-14)11-4-3-5-20-11/h3-6H,2,8H2,1H3,(H,16,18). The molecule has 0 spiro atoms. The highest BCUT2D eigenvalue weighted by molar-refractivity contribution is 7.99. The molecular weight excluding hydrogens is 308 g/mol. The Balaban J connectivity index is 2.28. The van der Waals surface area contributed by atoms with Gasteiger partial charge in [0.15, 0.2) is 0 Å². The van der Waals surface area contributed by atoms with E-state index in [9.17, 15) is 14.9 Å². The van der Waals surface area contributed by atoms with Crippen molar-refractivity contribution in [1.82, 2.24) is 4.98 Å². The lowest BCUT2D eigenvalue weighted by atomic mass is 10.2. The molecule has 2 aromatic heterocycles. The number of thioether (sulfide) groups is 1. The molecule has 0 aliphatic rings. The molecule has 0 amide bonds. The number of aromatic amines is 1. The van der Waals surface area contributed by atoms with Gasteiger partial charge in [-0.15, -0.1) is 11.3 Å². The van der Waals surface area contributed by atoms with Gasteiger partial charge in [-0.1, -0.05) is 17.8 Å². The normalized spacial score (nSPS) is 10.1. The van der Waals surface area contributed by atoms with E-state index in [1.807, 2.05) is 23.6 Å². The van der Waals surface area contributed by atoms with Gasteiger partial charge in [0.25, 0.3) is 5.56 Å². The summed E-state index contributed by atoms with van der Waals surface area (Å²) in [7, 11) is 0. The lowest BCUT2D eigenvalue weighted by molar-refractivity contribution is -0.139. The summed E-state index contributed by atoms with van der Waals surface area (Å²) in [6.45, 7) is 2.03. The molecule has 0 atom stereocenters. The van der Waals surface area contributed by atoms with Gasteiger partial charge in [0.05, 0.1) is 28.5 Å². The van der Waals surface area contributed by atoms with Crippen LogP contribution < -0.4 is 5.56 Å². The van der Waals surface area contributed by atoms with Crippen molar-refractivity contribution < 1.29 is 9.53 Å². The van der Waals surface area contributed by atoms with Crippen molar-refractivity contribution in [2.75, 3.05) is 12.4 Å². The monoisotopic (exact) mass is 320 g/mol. The van der Waals surface area contributed by atoms with E-state index in [0.29, 0.717) is 22.8 Å². The second kappa shape index (κ2) is 7.11. The summed E-state index contributed by atoms with van der Waals surface area (Å²) in [6, 6.07) is 7.26. The maximum absolute atomic E-state index is 12.1. The molecule has 5 nitrogen and oxygen atoms in total. The Morgan fingerprint density at radius 2 is 2.38 bits per heavy atom. The molecule has 0 saturated carbocycles. The van der Waals surface area contributed by atoms with Gasteiger partial charge in [-0.05, 0) is 24.4 Å². The molecule has 2 aromatic rings. The van der Waals surface area contributed by atoms with E-state index in [4.69, 9.17) is 4.74 Å². The summed E-state index contributed by atoms with van der Waals surface area (Å²) in [5.41, 5.74) is 0.525. The number of nitrogens with zero attached hydrogens (tertiary/aromatic N) is 1. The summed E-state index contributed by atoms with van der Waals surface area (Å²) in [5.74, 6) is -0.328. The number of carbonyl (C=O) groups is 1. The van der Waals surface area contributed by atoms with E-state index in [1.165, 1.54) is 11.3 Å². The third kappa shape index (κ3) is 3.74. The van der Waals surface area contributed by atoms with E-state index < -0.39 is 0 Å². The highest BCUT2D eigenvalue weighted by Gasteiger charge is 2.13. The van der Waals surface area contributed by atoms with Crippen LogP contribution in [0.5, 0.6) is 0 Å². The summed E-state index contributed by atoms with van der Waals surface area (Å²) in [5, 5.41) is 11.5. The minimum atomic E-state index is -0.380. The minimum absolute atomic E-state index is 0.0524. The third-order valence-electron chi connectivity index (χ3n) is 2.55. The second-order valence-electron chi connectivity index (χ2n) is 3.94. The number of rotatable bonds is 5. The molecule has 2 rings (SSSR count). The summed E-state index contributed by atoms with van der Waals surface area (Å²) < 4.78 is 4.82. The maximum atomic E-state index is 12.1. The molecule has 108 valence electrons. The average Bonchev–Trinajstić information content (AvgIpc) is 2.99. The fourth-order valence-electron chi connectivity index (χ4n) is 1.66. The topological polar surface area (TPSA) is 83.0 Å². The van der Waals surface area contributed by atoms with Crippen molar-refractivity contribution in [3.05, 3.63) is 39.5 Å². The van der Waals surface area contributed by atoms with Crippen LogP contribution in [0, 0.1) is 11.3 Å². The molecule has 21 heavy (non-hydrogen) atoms. The SMILES string of the molecule is CCOC(=O)CSc1[nH]c(=O)c(-c2cccs2)cc1C#N. The zero-order chi connectivity index (χ0) is 15.2. The Bertz CT molecular complexity index is 730. The molecule has 1 N–H and O–H groups in total. The number of aromatic nitrogens is 1. The number of nitrogens with one attached hydrogen (secondary N) is 1. The van der Waals surface area contributed by atoms with Crippen LogP contribution >= 0.6 is 23.1 Å². The van der Waals surface area contributed by atoms with Gasteiger partial charge in [0.1, 0.15) is 6.07 Å². The smallest absolute Gasteiger partial charge is 0.316 e. The highest BCUT2D eigenvalue weighted by atomic mass is 32.2. The first-order valence-corrected chi connectivity index (χ1v) is 8.02. The van der Waals surface area contributed by atoms with Gasteiger partial charge >= 0.3 is 5.97 Å². The van der Waals surface area contributed by atoms with Crippen molar-refractivity contribution in [2.24, 2.45) is 0 Å². The van der Waals surface area contributed by atoms with Crippen LogP contribution in [-0.4, -0.2) is 23.3 Å². The van der Waals surface area contributed by atoms with Crippen molar-refractivity contribution in [3.8, 4) is 16.5 Å². The largest absolute Gasteiger partial charge is 0.465 e. The van der Waals surface area contributed by atoms with Crippen molar-refractivity contribution in [2.45, 2.75) is 11.9 Å². The first kappa shape index (κ1) is 15.4. The van der Waals surface area contributed by atoms with Gasteiger partial charge in [0.2, 0.25) is 0 Å². The molecule has 0 aliphatic heterocycles. The minimum Gasteiger partial charge on any atom is -0.465 e. The molecule has 0 radical (unpaired) electrons. The van der Waals surface area contributed by atoms with E-state index >= 15 is 0 Å². The number of hydrogen-bond donors (Lipinski definition) is 1. The Hall–Kier alpha value is -2.04. The van der Waals surface area contributed by atoms with E-state index in [1.54, 1.807) is 13.0 Å². The van der Waals surface area contributed by atoms with Crippen LogP contribution in [0.4, 0.5) is 0 Å². The lowest BCUT2D eigenvalue weighted by Crippen LogP contribution is -2.12. The quantitative estimate of drug-likeness (QED) is 0.676. The van der Waals surface area contributed by atoms with Gasteiger partial charge in [-0.2, -0.15) is 5.26 Å². The lowest BCUT2D eigenvalue weighted by Gasteiger charge is -2.05. The predicted molar refractivity (Wildman–Crippen MR) is 82.4 cm³/mol. The van der Waals surface area contributed by atoms with E-state index in [-0.39, 0.29) is 17.3 Å². The van der Waals surface area contributed by atoms with E-state index in [2.05, 4.69) is 4.98 Å². The Morgan fingerprint density at radius 3 is 3.00 bits per heavy atom. The number of carbonyl (C=O) groups excluding carboxylic acids is 1. The molecule has 0 aliphatic carbocycles. The molecule has 0 bridgehead atoms. The number of thiophene rings is 1. The molecule has 0 aromatic carbocycles. The van der Waals surface area contributed by atoms with Gasteiger partial charge in [-0.25, -0.2) is 0 Å². The molecular formula is C14H12N2O3S2. The summed E-state index contributed by atoms with van der Waals surface area (Å²) in [6.07, 6.45) is 0. The number of nitriles is 1. The zero-order valence-electron chi connectivity index (χ0n) is 11.2. The predicted octanol–water partition coefficient (Wildman–Crippen LogP) is 2.63. The van der Waals surface area contributed by atoms with Crippen LogP contribution in [0.1, 0.15) is 12.5 Å². The highest BCUT2D eigenvalue weighted by Crippen LogP contribution is 2.25. The number of hydrogen-bond acceptors (Lipinski definition) is 6. The number of ether oxygens (including phenoxy) is 1. The molecule has 0 saturated heterocycles. The fraction of sp³-hybridized carbons (Fsp3) is 0.214. The molecule has 7 heteroatoms. The van der Waals surface area contributed by atoms with Crippen LogP contribution in [-0.2, 0) is 9.53 Å². The van der Waals surface area contributed by atoms with Crippen LogP contribution in [0.25, 0.3) is 10.4 Å². The summed E-state index contributed by atoms with van der Waals surface area (Å²) >= 11 is 2.52. The number of H-pyrrole nitrogens is 1. The number of pyridine rings is 1. The third-order valence-corrected chi connectivity index (χ3v) is 4.45. The average molecular weight is 320 g/mol. The fourth-order valence-corrected chi connectivity index (χ4v) is 3.17. The van der Waals surface area contributed by atoms with Gasteiger partial charge < -0.3 is 9.72 Å². The van der Waals surface area contributed by atoms with Gasteiger partial charge in [-0.3, -0.25) is 9.59 Å². The molecule has 0 unspecified atom stereocenters. The molecule has 0 fully saturated rings. The van der Waals surface area contributed by atoms with Crippen LogP contribution in [0.15, 0.2) is 33.4 Å². The Kier molecular flexibility index (Phi) is 5.20.